The fraction of sp³-hybridized carbons (Fsp3) is 0.308. The molecule has 0 spiro atoms. The van der Waals surface area contributed by atoms with Crippen molar-refractivity contribution in [2.45, 2.75) is 13.0 Å². The van der Waals surface area contributed by atoms with Crippen molar-refractivity contribution < 1.29 is 19.4 Å². The van der Waals surface area contributed by atoms with Crippen LogP contribution in [0.2, 0.25) is 0 Å². The van der Waals surface area contributed by atoms with Gasteiger partial charge in [0.1, 0.15) is 5.01 Å². The number of aromatic nitrogens is 2. The number of rotatable bonds is 7. The van der Waals surface area contributed by atoms with Crippen molar-refractivity contribution in [3.05, 3.63) is 82.3 Å². The SMILES string of the molecule is Cc1nc(-c2ccccc2)sc1C(=O)C1=C(O)C(=O)N(CCN2CCOCC2)C1c1cccnc1. The van der Waals surface area contributed by atoms with Gasteiger partial charge in [-0.05, 0) is 18.6 Å². The molecule has 1 N–H and O–H groups in total. The molecule has 1 unspecified atom stereocenters. The fourth-order valence-corrected chi connectivity index (χ4v) is 5.53. The Morgan fingerprint density at radius 1 is 1.14 bits per heavy atom. The van der Waals surface area contributed by atoms with Crippen molar-refractivity contribution >= 4 is 23.0 Å². The number of pyridine rings is 1. The molecule has 2 aliphatic rings. The van der Waals surface area contributed by atoms with Crippen LogP contribution in [0.15, 0.2) is 66.2 Å². The molecule has 1 amide bonds. The maximum atomic E-state index is 13.8. The van der Waals surface area contributed by atoms with Gasteiger partial charge in [0.25, 0.3) is 5.91 Å². The maximum Gasteiger partial charge on any atom is 0.290 e. The van der Waals surface area contributed by atoms with Gasteiger partial charge < -0.3 is 14.7 Å². The van der Waals surface area contributed by atoms with Gasteiger partial charge in [0.05, 0.1) is 35.4 Å². The quantitative estimate of drug-likeness (QED) is 0.507. The summed E-state index contributed by atoms with van der Waals surface area (Å²) in [6.07, 6.45) is 3.28. The maximum absolute atomic E-state index is 13.8. The van der Waals surface area contributed by atoms with E-state index in [2.05, 4.69) is 14.9 Å². The lowest BCUT2D eigenvalue weighted by Crippen LogP contribution is -2.43. The van der Waals surface area contributed by atoms with Gasteiger partial charge in [-0.25, -0.2) is 4.98 Å². The molecule has 0 bridgehead atoms. The molecule has 9 heteroatoms. The summed E-state index contributed by atoms with van der Waals surface area (Å²) in [4.78, 5) is 40.0. The first-order valence-corrected chi connectivity index (χ1v) is 12.4. The van der Waals surface area contributed by atoms with Crippen molar-refractivity contribution in [1.29, 1.82) is 0 Å². The number of Topliss-reactive ketones (excluding diaryl/α,β-unsaturated/α-hetero) is 1. The van der Waals surface area contributed by atoms with Crippen LogP contribution in [0.25, 0.3) is 10.6 Å². The van der Waals surface area contributed by atoms with E-state index in [4.69, 9.17) is 4.74 Å². The van der Waals surface area contributed by atoms with Crippen LogP contribution in [-0.2, 0) is 9.53 Å². The molecular weight excluding hydrogens is 464 g/mol. The number of aryl methyl sites for hydroxylation is 1. The summed E-state index contributed by atoms with van der Waals surface area (Å²) in [5, 5.41) is 11.7. The van der Waals surface area contributed by atoms with E-state index in [1.807, 2.05) is 36.4 Å². The molecule has 1 fully saturated rings. The molecular formula is C26H26N4O4S. The summed E-state index contributed by atoms with van der Waals surface area (Å²) in [6, 6.07) is 12.5. The van der Waals surface area contributed by atoms with Gasteiger partial charge >= 0.3 is 0 Å². The van der Waals surface area contributed by atoms with E-state index in [0.717, 1.165) is 23.7 Å². The van der Waals surface area contributed by atoms with E-state index in [1.165, 1.54) is 11.3 Å². The predicted octanol–water partition coefficient (Wildman–Crippen LogP) is 3.42. The highest BCUT2D eigenvalue weighted by Gasteiger charge is 2.44. The van der Waals surface area contributed by atoms with E-state index in [-0.39, 0.29) is 11.4 Å². The third-order valence-corrected chi connectivity index (χ3v) is 7.54. The van der Waals surface area contributed by atoms with Crippen LogP contribution in [0.5, 0.6) is 0 Å². The monoisotopic (exact) mass is 490 g/mol. The van der Waals surface area contributed by atoms with Crippen LogP contribution in [0.4, 0.5) is 0 Å². The first-order chi connectivity index (χ1) is 17.0. The minimum absolute atomic E-state index is 0.0799. The summed E-state index contributed by atoms with van der Waals surface area (Å²) < 4.78 is 5.41. The molecule has 0 saturated carbocycles. The van der Waals surface area contributed by atoms with Gasteiger partial charge in [0.2, 0.25) is 5.78 Å². The molecule has 4 heterocycles. The van der Waals surface area contributed by atoms with Crippen LogP contribution >= 0.6 is 11.3 Å². The summed E-state index contributed by atoms with van der Waals surface area (Å²) in [6.45, 7) is 5.65. The summed E-state index contributed by atoms with van der Waals surface area (Å²) in [7, 11) is 0. The first-order valence-electron chi connectivity index (χ1n) is 11.6. The smallest absolute Gasteiger partial charge is 0.290 e. The molecule has 35 heavy (non-hydrogen) atoms. The molecule has 1 saturated heterocycles. The van der Waals surface area contributed by atoms with Gasteiger partial charge in [-0.1, -0.05) is 36.4 Å². The normalized spacial score (nSPS) is 18.9. The van der Waals surface area contributed by atoms with Crippen molar-refractivity contribution in [3.63, 3.8) is 0 Å². The Balaban J connectivity index is 1.48. The highest BCUT2D eigenvalue weighted by atomic mass is 32.1. The fourth-order valence-electron chi connectivity index (χ4n) is 4.51. The zero-order valence-corrected chi connectivity index (χ0v) is 20.2. The number of amides is 1. The average molecular weight is 491 g/mol. The van der Waals surface area contributed by atoms with E-state index in [1.54, 1.807) is 30.3 Å². The molecule has 8 nitrogen and oxygen atoms in total. The van der Waals surface area contributed by atoms with Crippen LogP contribution in [0.1, 0.15) is 27.0 Å². The van der Waals surface area contributed by atoms with Gasteiger partial charge in [-0.15, -0.1) is 11.3 Å². The van der Waals surface area contributed by atoms with Crippen molar-refractivity contribution in [2.24, 2.45) is 0 Å². The number of thiazole rings is 1. The van der Waals surface area contributed by atoms with Gasteiger partial charge in [0.15, 0.2) is 5.76 Å². The molecule has 0 radical (unpaired) electrons. The average Bonchev–Trinajstić information content (AvgIpc) is 3.41. The van der Waals surface area contributed by atoms with Crippen molar-refractivity contribution in [2.75, 3.05) is 39.4 Å². The number of carbonyl (C=O) groups excluding carboxylic acids is 2. The molecule has 1 aromatic carbocycles. The van der Waals surface area contributed by atoms with Crippen LogP contribution in [0, 0.1) is 6.92 Å². The molecule has 0 aliphatic carbocycles. The summed E-state index contributed by atoms with van der Waals surface area (Å²) in [5.41, 5.74) is 2.25. The Kier molecular flexibility index (Phi) is 6.72. The number of carbonyl (C=O) groups is 2. The third-order valence-electron chi connectivity index (χ3n) is 6.33. The number of ketones is 1. The van der Waals surface area contributed by atoms with Gasteiger partial charge in [-0.3, -0.25) is 19.5 Å². The molecule has 1 atom stereocenters. The molecule has 180 valence electrons. The number of nitrogens with zero attached hydrogens (tertiary/aromatic N) is 4. The van der Waals surface area contributed by atoms with Gasteiger partial charge in [-0.2, -0.15) is 0 Å². The second-order valence-electron chi connectivity index (χ2n) is 8.53. The minimum Gasteiger partial charge on any atom is -0.503 e. The molecule has 2 aromatic heterocycles. The Morgan fingerprint density at radius 3 is 2.63 bits per heavy atom. The van der Waals surface area contributed by atoms with Crippen molar-refractivity contribution in [3.8, 4) is 10.6 Å². The Bertz CT molecular complexity index is 1250. The zero-order valence-electron chi connectivity index (χ0n) is 19.4. The zero-order chi connectivity index (χ0) is 24.4. The number of benzene rings is 1. The van der Waals surface area contributed by atoms with E-state index >= 15 is 0 Å². The van der Waals surface area contributed by atoms with Crippen molar-refractivity contribution in [1.82, 2.24) is 19.8 Å². The number of hydrogen-bond donors (Lipinski definition) is 1. The predicted molar refractivity (Wildman–Crippen MR) is 132 cm³/mol. The summed E-state index contributed by atoms with van der Waals surface area (Å²) >= 11 is 1.27. The number of aliphatic hydroxyl groups is 1. The van der Waals surface area contributed by atoms with Crippen LogP contribution < -0.4 is 0 Å². The number of morpholine rings is 1. The second kappa shape index (κ2) is 10.1. The lowest BCUT2D eigenvalue weighted by molar-refractivity contribution is -0.129. The lowest BCUT2D eigenvalue weighted by Gasteiger charge is -2.31. The topological polar surface area (TPSA) is 95.9 Å². The Labute approximate surface area is 207 Å². The molecule has 2 aliphatic heterocycles. The number of ether oxygens (including phenoxy) is 1. The standard InChI is InChI=1S/C26H26N4O4S/c1-17-24(35-25(28-17)18-6-3-2-4-7-18)22(31)20-21(19-8-5-9-27-16-19)30(26(33)23(20)32)11-10-29-12-14-34-15-13-29/h2-9,16,21,32H,10-15H2,1H3. The largest absolute Gasteiger partial charge is 0.503 e. The Hall–Kier alpha value is -3.40. The number of hydrogen-bond acceptors (Lipinski definition) is 8. The second-order valence-corrected chi connectivity index (χ2v) is 9.53. The highest BCUT2D eigenvalue weighted by molar-refractivity contribution is 7.17. The minimum atomic E-state index is -0.716. The van der Waals surface area contributed by atoms with Crippen LogP contribution in [0.3, 0.4) is 0 Å². The third kappa shape index (κ3) is 4.62. The van der Waals surface area contributed by atoms with E-state index in [0.29, 0.717) is 42.4 Å². The first kappa shape index (κ1) is 23.3. The molecule has 5 rings (SSSR count). The Morgan fingerprint density at radius 2 is 1.91 bits per heavy atom. The van der Waals surface area contributed by atoms with E-state index in [9.17, 15) is 14.7 Å². The number of aliphatic hydroxyl groups excluding tert-OH is 1. The highest BCUT2D eigenvalue weighted by Crippen LogP contribution is 2.40. The summed E-state index contributed by atoms with van der Waals surface area (Å²) in [5.74, 6) is -1.42. The van der Waals surface area contributed by atoms with Gasteiger partial charge in [0, 0.05) is 44.1 Å². The van der Waals surface area contributed by atoms with E-state index < -0.39 is 17.7 Å². The van der Waals surface area contributed by atoms with Crippen LogP contribution in [-0.4, -0.2) is 76.0 Å². The lowest BCUT2D eigenvalue weighted by atomic mass is 9.96. The molecule has 3 aromatic rings.